The standard InChI is InChI=1S/C37H71N3O2/c1-17-18-25-38-28(2)20-22-33(7,8)24-23-32(5,6)21-19-26-39-31(42)34(9,10)27-35(11,12)40-29(3)36(13,14)37(15,16)30(4)41/h38,40H,2-3,17-27H2,1,4-16H3,(H,39,42). The zero-order chi connectivity index (χ0) is 33.2. The molecule has 0 rings (SSSR count). The molecule has 0 atom stereocenters. The normalized spacial score (nSPS) is 13.5. The smallest absolute Gasteiger partial charge is 0.225 e. The van der Waals surface area contributed by atoms with Crippen molar-refractivity contribution in [2.45, 2.75) is 160 Å². The number of carbonyl (C=O) groups is 2. The van der Waals surface area contributed by atoms with Crippen molar-refractivity contribution >= 4 is 11.7 Å². The quantitative estimate of drug-likeness (QED) is 0.110. The van der Waals surface area contributed by atoms with Gasteiger partial charge < -0.3 is 16.0 Å². The number of Topliss-reactive ketones (excluding diaryl/α,β-unsaturated/α-hetero) is 1. The predicted molar refractivity (Wildman–Crippen MR) is 183 cm³/mol. The first-order chi connectivity index (χ1) is 18.8. The number of hydrogen-bond acceptors (Lipinski definition) is 4. The van der Waals surface area contributed by atoms with E-state index < -0.39 is 16.2 Å². The number of hydrogen-bond donors (Lipinski definition) is 3. The molecule has 0 aromatic rings. The summed E-state index contributed by atoms with van der Waals surface area (Å²) in [6, 6.07) is 0. The summed E-state index contributed by atoms with van der Waals surface area (Å²) in [6.45, 7) is 39.9. The largest absolute Gasteiger partial charge is 0.389 e. The van der Waals surface area contributed by atoms with E-state index in [9.17, 15) is 9.59 Å². The van der Waals surface area contributed by atoms with E-state index in [1.807, 2.05) is 27.7 Å². The van der Waals surface area contributed by atoms with Crippen molar-refractivity contribution in [2.75, 3.05) is 13.1 Å². The lowest BCUT2D eigenvalue weighted by molar-refractivity contribution is -0.130. The van der Waals surface area contributed by atoms with Gasteiger partial charge in [0.05, 0.1) is 0 Å². The van der Waals surface area contributed by atoms with Gasteiger partial charge in [-0.1, -0.05) is 95.7 Å². The highest BCUT2D eigenvalue weighted by Crippen LogP contribution is 2.44. The predicted octanol–water partition coefficient (Wildman–Crippen LogP) is 9.34. The molecular formula is C37H71N3O2. The zero-order valence-corrected chi connectivity index (χ0v) is 30.5. The molecule has 42 heavy (non-hydrogen) atoms. The lowest BCUT2D eigenvalue weighted by Crippen LogP contribution is -2.51. The Kier molecular flexibility index (Phi) is 15.1. The Morgan fingerprint density at radius 3 is 1.67 bits per heavy atom. The first kappa shape index (κ1) is 40.2. The van der Waals surface area contributed by atoms with Crippen LogP contribution in [0.4, 0.5) is 0 Å². The highest BCUT2D eigenvalue weighted by molar-refractivity contribution is 5.83. The molecule has 0 radical (unpaired) electrons. The summed E-state index contributed by atoms with van der Waals surface area (Å²) < 4.78 is 0. The van der Waals surface area contributed by atoms with Crippen LogP contribution in [0.2, 0.25) is 0 Å². The second-order valence-corrected chi connectivity index (χ2v) is 16.9. The van der Waals surface area contributed by atoms with Crippen LogP contribution in [-0.4, -0.2) is 30.3 Å². The maximum Gasteiger partial charge on any atom is 0.225 e. The van der Waals surface area contributed by atoms with Gasteiger partial charge in [0.15, 0.2) is 0 Å². The molecule has 0 aliphatic rings. The van der Waals surface area contributed by atoms with Crippen molar-refractivity contribution in [1.82, 2.24) is 16.0 Å². The lowest BCUT2D eigenvalue weighted by atomic mass is 9.63. The summed E-state index contributed by atoms with van der Waals surface area (Å²) in [6.07, 6.45) is 9.65. The molecule has 0 saturated heterocycles. The van der Waals surface area contributed by atoms with Gasteiger partial charge in [0, 0.05) is 46.3 Å². The molecule has 0 aliphatic carbocycles. The highest BCUT2D eigenvalue weighted by atomic mass is 16.2. The van der Waals surface area contributed by atoms with Crippen LogP contribution in [0.25, 0.3) is 0 Å². The Morgan fingerprint density at radius 1 is 0.667 bits per heavy atom. The Morgan fingerprint density at radius 2 is 1.17 bits per heavy atom. The van der Waals surface area contributed by atoms with Crippen LogP contribution in [0.15, 0.2) is 24.6 Å². The molecule has 5 heteroatoms. The van der Waals surface area contributed by atoms with Crippen molar-refractivity contribution in [2.24, 2.45) is 27.1 Å². The molecule has 0 aromatic carbocycles. The fraction of sp³-hybridized carbons (Fsp3) is 0.838. The number of ketones is 1. The van der Waals surface area contributed by atoms with Gasteiger partial charge in [0.25, 0.3) is 0 Å². The molecule has 0 saturated carbocycles. The van der Waals surface area contributed by atoms with Gasteiger partial charge >= 0.3 is 0 Å². The van der Waals surface area contributed by atoms with Crippen molar-refractivity contribution < 1.29 is 9.59 Å². The third-order valence-corrected chi connectivity index (χ3v) is 9.99. The van der Waals surface area contributed by atoms with E-state index in [0.717, 1.165) is 37.9 Å². The van der Waals surface area contributed by atoms with Crippen LogP contribution >= 0.6 is 0 Å². The van der Waals surface area contributed by atoms with Crippen molar-refractivity contribution in [3.8, 4) is 0 Å². The number of amides is 1. The molecule has 0 fully saturated rings. The summed E-state index contributed by atoms with van der Waals surface area (Å²) in [5.41, 5.74) is 0.603. The Bertz CT molecular complexity index is 906. The van der Waals surface area contributed by atoms with Gasteiger partial charge in [-0.3, -0.25) is 9.59 Å². The number of rotatable bonds is 22. The number of carbonyl (C=O) groups excluding carboxylic acids is 2. The average molecular weight is 590 g/mol. The van der Waals surface area contributed by atoms with Gasteiger partial charge in [-0.25, -0.2) is 0 Å². The Labute approximate surface area is 261 Å². The number of nitrogens with one attached hydrogen (secondary N) is 3. The van der Waals surface area contributed by atoms with Crippen LogP contribution in [-0.2, 0) is 9.59 Å². The molecule has 0 bridgehead atoms. The van der Waals surface area contributed by atoms with Crippen molar-refractivity contribution in [1.29, 1.82) is 0 Å². The third kappa shape index (κ3) is 13.7. The second kappa shape index (κ2) is 15.8. The monoisotopic (exact) mass is 590 g/mol. The SMILES string of the molecule is C=C(CCC(C)(C)CCC(C)(C)CCCNC(=O)C(C)(C)CC(C)(C)NC(=C)C(C)(C)C(C)(C)C(C)=O)NCCCC. The van der Waals surface area contributed by atoms with E-state index >= 15 is 0 Å². The van der Waals surface area contributed by atoms with Crippen LogP contribution in [0, 0.1) is 27.1 Å². The van der Waals surface area contributed by atoms with E-state index in [0.29, 0.717) is 13.0 Å². The third-order valence-electron chi connectivity index (χ3n) is 9.99. The number of unbranched alkanes of at least 4 members (excludes halogenated alkanes) is 1. The van der Waals surface area contributed by atoms with Crippen molar-refractivity contribution in [3.63, 3.8) is 0 Å². The summed E-state index contributed by atoms with van der Waals surface area (Å²) in [4.78, 5) is 25.6. The second-order valence-electron chi connectivity index (χ2n) is 16.9. The van der Waals surface area contributed by atoms with Gasteiger partial charge in [-0.15, -0.1) is 0 Å². The molecule has 1 amide bonds. The van der Waals surface area contributed by atoms with E-state index in [1.165, 1.54) is 31.4 Å². The minimum Gasteiger partial charge on any atom is -0.389 e. The van der Waals surface area contributed by atoms with Crippen LogP contribution in [0.5, 0.6) is 0 Å². The van der Waals surface area contributed by atoms with E-state index in [2.05, 4.69) is 91.4 Å². The molecule has 5 nitrogen and oxygen atoms in total. The molecule has 0 unspecified atom stereocenters. The maximum atomic E-state index is 13.2. The molecule has 246 valence electrons. The minimum atomic E-state index is -0.552. The topological polar surface area (TPSA) is 70.2 Å². The molecule has 0 aliphatic heterocycles. The average Bonchev–Trinajstić information content (AvgIpc) is 2.83. The molecule has 0 aromatic heterocycles. The Hall–Kier alpha value is -1.78. The van der Waals surface area contributed by atoms with Crippen molar-refractivity contribution in [3.05, 3.63) is 24.6 Å². The summed E-state index contributed by atoms with van der Waals surface area (Å²) in [7, 11) is 0. The van der Waals surface area contributed by atoms with Crippen LogP contribution in [0.1, 0.15) is 155 Å². The zero-order valence-electron chi connectivity index (χ0n) is 30.5. The molecule has 0 spiro atoms. The molecular weight excluding hydrogens is 518 g/mol. The lowest BCUT2D eigenvalue weighted by Gasteiger charge is -2.45. The van der Waals surface area contributed by atoms with Crippen LogP contribution < -0.4 is 16.0 Å². The van der Waals surface area contributed by atoms with Crippen LogP contribution in [0.3, 0.4) is 0 Å². The first-order valence-electron chi connectivity index (χ1n) is 16.5. The van der Waals surface area contributed by atoms with Gasteiger partial charge in [-0.2, -0.15) is 0 Å². The van der Waals surface area contributed by atoms with E-state index in [-0.39, 0.29) is 28.1 Å². The van der Waals surface area contributed by atoms with E-state index in [4.69, 9.17) is 0 Å². The molecule has 3 N–H and O–H groups in total. The first-order valence-corrected chi connectivity index (χ1v) is 16.5. The molecule has 0 heterocycles. The van der Waals surface area contributed by atoms with E-state index in [1.54, 1.807) is 6.92 Å². The highest BCUT2D eigenvalue weighted by Gasteiger charge is 2.44. The van der Waals surface area contributed by atoms with Gasteiger partial charge in [-0.05, 0) is 83.0 Å². The summed E-state index contributed by atoms with van der Waals surface area (Å²) in [5, 5.41) is 10.3. The fourth-order valence-corrected chi connectivity index (χ4v) is 5.57. The maximum absolute atomic E-state index is 13.2. The Balaban J connectivity index is 4.78. The van der Waals surface area contributed by atoms with Gasteiger partial charge in [0.2, 0.25) is 5.91 Å². The summed E-state index contributed by atoms with van der Waals surface area (Å²) >= 11 is 0. The summed E-state index contributed by atoms with van der Waals surface area (Å²) in [5.74, 6) is 0.217. The number of allylic oxidation sites excluding steroid dienone is 2. The minimum absolute atomic E-state index is 0.0815. The van der Waals surface area contributed by atoms with Gasteiger partial charge in [0.1, 0.15) is 5.78 Å². The fourth-order valence-electron chi connectivity index (χ4n) is 5.57.